The predicted molar refractivity (Wildman–Crippen MR) is 83.7 cm³/mol. The van der Waals surface area contributed by atoms with E-state index in [1.54, 1.807) is 6.07 Å². The van der Waals surface area contributed by atoms with Crippen molar-refractivity contribution in [1.82, 2.24) is 9.80 Å². The first-order chi connectivity index (χ1) is 10.2. The molecular formula is C18H23FN2. The highest BCUT2D eigenvalue weighted by Gasteiger charge is 2.24. The van der Waals surface area contributed by atoms with Gasteiger partial charge in [0.15, 0.2) is 0 Å². The molecule has 1 aliphatic carbocycles. The molecule has 0 amide bonds. The van der Waals surface area contributed by atoms with Crippen molar-refractivity contribution in [3.63, 3.8) is 0 Å². The van der Waals surface area contributed by atoms with Gasteiger partial charge in [0.1, 0.15) is 5.82 Å². The Balaban J connectivity index is 1.45. The maximum Gasteiger partial charge on any atom is 0.126 e. The first kappa shape index (κ1) is 14.6. The average Bonchev–Trinajstić information content (AvgIpc) is 3.01. The Morgan fingerprint density at radius 1 is 1.14 bits per heavy atom. The molecule has 3 heteroatoms. The minimum Gasteiger partial charge on any atom is -0.300 e. The van der Waals surface area contributed by atoms with Crippen molar-refractivity contribution in [2.45, 2.75) is 32.2 Å². The third kappa shape index (κ3) is 3.64. The van der Waals surface area contributed by atoms with E-state index in [9.17, 15) is 4.39 Å². The van der Waals surface area contributed by atoms with E-state index in [2.05, 4.69) is 21.6 Å². The zero-order chi connectivity index (χ0) is 14.7. The number of aryl methyl sites for hydroxylation is 1. The van der Waals surface area contributed by atoms with Crippen LogP contribution in [0.3, 0.4) is 0 Å². The number of hydrogen-bond donors (Lipinski definition) is 0. The van der Waals surface area contributed by atoms with Gasteiger partial charge in [0.25, 0.3) is 0 Å². The van der Waals surface area contributed by atoms with E-state index in [0.717, 1.165) is 63.1 Å². The predicted octanol–water partition coefficient (Wildman–Crippen LogP) is 2.46. The normalized spacial score (nSPS) is 20.5. The third-order valence-electron chi connectivity index (χ3n) is 4.63. The van der Waals surface area contributed by atoms with Gasteiger partial charge in [-0.1, -0.05) is 12.1 Å². The number of halogens is 1. The van der Waals surface area contributed by atoms with Gasteiger partial charge in [0.05, 0.1) is 0 Å². The Morgan fingerprint density at radius 3 is 2.52 bits per heavy atom. The minimum absolute atomic E-state index is 0.0586. The molecule has 1 fully saturated rings. The fourth-order valence-electron chi connectivity index (χ4n) is 3.20. The molecule has 3 rings (SSSR count). The van der Waals surface area contributed by atoms with Crippen molar-refractivity contribution in [3.8, 4) is 11.8 Å². The van der Waals surface area contributed by atoms with Gasteiger partial charge in [-0.05, 0) is 30.5 Å². The Kier molecular flexibility index (Phi) is 4.57. The van der Waals surface area contributed by atoms with Crippen molar-refractivity contribution >= 4 is 0 Å². The summed E-state index contributed by atoms with van der Waals surface area (Å²) in [5, 5.41) is 0. The molecule has 0 atom stereocenters. The van der Waals surface area contributed by atoms with E-state index in [-0.39, 0.29) is 5.82 Å². The van der Waals surface area contributed by atoms with E-state index in [1.165, 1.54) is 0 Å². The number of piperazine rings is 1. The summed E-state index contributed by atoms with van der Waals surface area (Å²) in [6, 6.07) is 6.18. The fraction of sp³-hybridized carbons (Fsp3) is 0.556. The lowest BCUT2D eigenvalue weighted by Crippen LogP contribution is -2.50. The summed E-state index contributed by atoms with van der Waals surface area (Å²) in [5.41, 5.74) is 1.83. The van der Waals surface area contributed by atoms with Crippen LogP contribution >= 0.6 is 0 Å². The first-order valence-electron chi connectivity index (χ1n) is 7.89. The molecule has 1 aromatic carbocycles. The highest BCUT2D eigenvalue weighted by Crippen LogP contribution is 2.16. The second-order valence-electron chi connectivity index (χ2n) is 6.14. The third-order valence-corrected chi connectivity index (χ3v) is 4.63. The second kappa shape index (κ2) is 6.60. The summed E-state index contributed by atoms with van der Waals surface area (Å²) < 4.78 is 13.8. The minimum atomic E-state index is -0.0586. The SMILES string of the molecule is Cc1ccc(CCN2CCN(C3CC#CC3)CC2)c(F)c1. The molecule has 0 spiro atoms. The summed E-state index contributed by atoms with van der Waals surface area (Å²) >= 11 is 0. The summed E-state index contributed by atoms with van der Waals surface area (Å²) in [6.45, 7) is 7.29. The van der Waals surface area contributed by atoms with Crippen LogP contribution in [0, 0.1) is 24.6 Å². The molecule has 0 saturated carbocycles. The van der Waals surface area contributed by atoms with Gasteiger partial charge in [0.2, 0.25) is 0 Å². The lowest BCUT2D eigenvalue weighted by Gasteiger charge is -2.37. The Bertz CT molecular complexity index is 540. The molecule has 0 aromatic heterocycles. The maximum atomic E-state index is 13.8. The molecule has 1 saturated heterocycles. The molecule has 1 aromatic rings. The Labute approximate surface area is 126 Å². The molecule has 1 heterocycles. The number of hydrogen-bond acceptors (Lipinski definition) is 2. The maximum absolute atomic E-state index is 13.8. The van der Waals surface area contributed by atoms with Crippen molar-refractivity contribution in [1.29, 1.82) is 0 Å². The summed E-state index contributed by atoms with van der Waals surface area (Å²) in [5.74, 6) is 6.32. The van der Waals surface area contributed by atoms with Gasteiger partial charge < -0.3 is 4.90 Å². The lowest BCUT2D eigenvalue weighted by atomic mass is 10.1. The Hall–Kier alpha value is -1.37. The van der Waals surface area contributed by atoms with Crippen molar-refractivity contribution < 1.29 is 4.39 Å². The molecule has 2 aliphatic rings. The van der Waals surface area contributed by atoms with Crippen molar-refractivity contribution in [3.05, 3.63) is 35.1 Å². The number of rotatable bonds is 4. The van der Waals surface area contributed by atoms with Gasteiger partial charge in [-0.3, -0.25) is 4.90 Å². The summed E-state index contributed by atoms with van der Waals surface area (Å²) in [7, 11) is 0. The molecular weight excluding hydrogens is 263 g/mol. The highest BCUT2D eigenvalue weighted by molar-refractivity contribution is 5.23. The van der Waals surface area contributed by atoms with E-state index >= 15 is 0 Å². The van der Waals surface area contributed by atoms with Crippen LogP contribution in [-0.4, -0.2) is 48.6 Å². The molecule has 1 aliphatic heterocycles. The second-order valence-corrected chi connectivity index (χ2v) is 6.14. The molecule has 21 heavy (non-hydrogen) atoms. The average molecular weight is 286 g/mol. The van der Waals surface area contributed by atoms with Crippen LogP contribution in [-0.2, 0) is 6.42 Å². The van der Waals surface area contributed by atoms with Gasteiger partial charge in [-0.15, -0.1) is 11.8 Å². The van der Waals surface area contributed by atoms with Crippen LogP contribution in [0.25, 0.3) is 0 Å². The van der Waals surface area contributed by atoms with Gasteiger partial charge >= 0.3 is 0 Å². The molecule has 2 nitrogen and oxygen atoms in total. The number of nitrogens with zero attached hydrogens (tertiary/aromatic N) is 2. The monoisotopic (exact) mass is 286 g/mol. The van der Waals surface area contributed by atoms with Gasteiger partial charge in [-0.25, -0.2) is 4.39 Å². The van der Waals surface area contributed by atoms with Gasteiger partial charge in [0, 0.05) is 51.6 Å². The summed E-state index contributed by atoms with van der Waals surface area (Å²) in [4.78, 5) is 5.00. The first-order valence-corrected chi connectivity index (χ1v) is 7.89. The van der Waals surface area contributed by atoms with Crippen LogP contribution in [0.4, 0.5) is 4.39 Å². The zero-order valence-electron chi connectivity index (χ0n) is 12.7. The molecule has 112 valence electrons. The standard InChI is InChI=1S/C18H23FN2/c1-15-6-7-16(18(19)14-15)8-9-20-10-12-21(13-11-20)17-4-2-3-5-17/h6-7,14,17H,4-5,8-13H2,1H3. The molecule has 0 radical (unpaired) electrons. The van der Waals surface area contributed by atoms with Crippen molar-refractivity contribution in [2.24, 2.45) is 0 Å². The molecule has 0 N–H and O–H groups in total. The smallest absolute Gasteiger partial charge is 0.126 e. The fourth-order valence-corrected chi connectivity index (χ4v) is 3.20. The van der Waals surface area contributed by atoms with E-state index in [4.69, 9.17) is 0 Å². The van der Waals surface area contributed by atoms with Crippen molar-refractivity contribution in [2.75, 3.05) is 32.7 Å². The summed E-state index contributed by atoms with van der Waals surface area (Å²) in [6.07, 6.45) is 2.88. The largest absolute Gasteiger partial charge is 0.300 e. The van der Waals surface area contributed by atoms with Gasteiger partial charge in [-0.2, -0.15) is 0 Å². The van der Waals surface area contributed by atoms with E-state index in [0.29, 0.717) is 6.04 Å². The van der Waals surface area contributed by atoms with Crippen LogP contribution in [0.1, 0.15) is 24.0 Å². The van der Waals surface area contributed by atoms with E-state index in [1.807, 2.05) is 19.1 Å². The quantitative estimate of drug-likeness (QED) is 0.785. The van der Waals surface area contributed by atoms with E-state index < -0.39 is 0 Å². The topological polar surface area (TPSA) is 6.48 Å². The number of benzene rings is 1. The molecule has 0 bridgehead atoms. The lowest BCUT2D eigenvalue weighted by molar-refractivity contribution is 0.101. The van der Waals surface area contributed by atoms with Crippen LogP contribution in [0.15, 0.2) is 18.2 Å². The Morgan fingerprint density at radius 2 is 1.86 bits per heavy atom. The van der Waals surface area contributed by atoms with Crippen LogP contribution in [0.5, 0.6) is 0 Å². The zero-order valence-corrected chi connectivity index (χ0v) is 12.7. The molecule has 0 unspecified atom stereocenters. The van der Waals surface area contributed by atoms with Crippen LogP contribution < -0.4 is 0 Å². The van der Waals surface area contributed by atoms with Crippen LogP contribution in [0.2, 0.25) is 0 Å². The highest BCUT2D eigenvalue weighted by atomic mass is 19.1.